The summed E-state index contributed by atoms with van der Waals surface area (Å²) in [7, 11) is 3.88. The maximum atomic E-state index is 12.3. The highest BCUT2D eigenvalue weighted by Gasteiger charge is 2.36. The molecule has 7 heteroatoms. The molecule has 1 aliphatic heterocycles. The van der Waals surface area contributed by atoms with Crippen LogP contribution in [0.4, 0.5) is 5.69 Å². The molecule has 1 aliphatic rings. The van der Waals surface area contributed by atoms with Crippen LogP contribution in [0.2, 0.25) is 0 Å². The van der Waals surface area contributed by atoms with Gasteiger partial charge in [0.15, 0.2) is 0 Å². The first kappa shape index (κ1) is 12.8. The summed E-state index contributed by atoms with van der Waals surface area (Å²) in [5, 5.41) is 16.1. The molecule has 1 amide bonds. The van der Waals surface area contributed by atoms with E-state index in [2.05, 4.69) is 10.2 Å². The van der Waals surface area contributed by atoms with E-state index in [0.717, 1.165) is 6.54 Å². The van der Waals surface area contributed by atoms with Crippen molar-refractivity contribution in [2.45, 2.75) is 18.6 Å². The summed E-state index contributed by atoms with van der Waals surface area (Å²) in [6.45, 7) is 1.06. The Kier molecular flexibility index (Phi) is 3.53. The molecule has 1 saturated heterocycles. The van der Waals surface area contributed by atoms with Crippen LogP contribution in [0.3, 0.4) is 0 Å². The first-order valence-corrected chi connectivity index (χ1v) is 5.91. The molecule has 0 spiro atoms. The molecule has 1 aromatic rings. The number of H-pyrrole nitrogens is 1. The van der Waals surface area contributed by atoms with Gasteiger partial charge in [-0.1, -0.05) is 0 Å². The van der Waals surface area contributed by atoms with Crippen LogP contribution in [0.5, 0.6) is 0 Å². The summed E-state index contributed by atoms with van der Waals surface area (Å²) in [5.74, 6) is -0.201. The number of anilines is 1. The van der Waals surface area contributed by atoms with Crippen LogP contribution >= 0.6 is 0 Å². The number of hydrogen-bond acceptors (Lipinski definition) is 5. The second kappa shape index (κ2) is 4.95. The average molecular weight is 253 g/mol. The lowest BCUT2D eigenvalue weighted by Gasteiger charge is -2.26. The molecule has 0 saturated carbocycles. The van der Waals surface area contributed by atoms with E-state index >= 15 is 0 Å². The molecule has 4 N–H and O–H groups in total. The van der Waals surface area contributed by atoms with Crippen molar-refractivity contribution in [3.8, 4) is 0 Å². The van der Waals surface area contributed by atoms with E-state index < -0.39 is 6.10 Å². The molecule has 0 radical (unpaired) electrons. The van der Waals surface area contributed by atoms with Crippen molar-refractivity contribution in [3.05, 3.63) is 11.9 Å². The fraction of sp³-hybridized carbons (Fsp3) is 0.636. The van der Waals surface area contributed by atoms with Crippen LogP contribution in [0.1, 0.15) is 16.9 Å². The highest BCUT2D eigenvalue weighted by atomic mass is 16.3. The van der Waals surface area contributed by atoms with Crippen molar-refractivity contribution in [3.63, 3.8) is 0 Å². The molecule has 2 rings (SSSR count). The van der Waals surface area contributed by atoms with Crippen LogP contribution in [0.25, 0.3) is 0 Å². The zero-order valence-corrected chi connectivity index (χ0v) is 10.6. The molecule has 100 valence electrons. The monoisotopic (exact) mass is 253 g/mol. The molecule has 1 aromatic heterocycles. The average Bonchev–Trinajstić information content (AvgIpc) is 2.83. The second-order valence-electron chi connectivity index (χ2n) is 4.96. The third kappa shape index (κ3) is 2.46. The van der Waals surface area contributed by atoms with E-state index in [1.165, 1.54) is 6.20 Å². The zero-order chi connectivity index (χ0) is 13.3. The van der Waals surface area contributed by atoms with E-state index in [0.29, 0.717) is 24.3 Å². The molecule has 0 bridgehead atoms. The third-order valence-electron chi connectivity index (χ3n) is 3.11. The maximum absolute atomic E-state index is 12.3. The standard InChI is InChI=1S/C11H19N5O2/c1-15(2)5-7-3-8(17)6-16(7)11(18)10-9(12)4-13-14-10/h4,7-8,17H,3,5-6,12H2,1-2H3,(H,13,14). The smallest absolute Gasteiger partial charge is 0.274 e. The minimum absolute atomic E-state index is 0.00481. The second-order valence-corrected chi connectivity index (χ2v) is 4.96. The number of amides is 1. The molecule has 0 aromatic carbocycles. The van der Waals surface area contributed by atoms with E-state index in [9.17, 15) is 9.90 Å². The minimum Gasteiger partial charge on any atom is -0.396 e. The van der Waals surface area contributed by atoms with Gasteiger partial charge in [0.1, 0.15) is 5.69 Å². The quantitative estimate of drug-likeness (QED) is 0.650. The highest BCUT2D eigenvalue weighted by Crippen LogP contribution is 2.22. The Labute approximate surface area is 106 Å². The van der Waals surface area contributed by atoms with Crippen LogP contribution in [0.15, 0.2) is 6.20 Å². The Hall–Kier alpha value is -1.60. The van der Waals surface area contributed by atoms with Gasteiger partial charge in [-0.25, -0.2) is 0 Å². The highest BCUT2D eigenvalue weighted by molar-refractivity contribution is 5.97. The number of nitrogen functional groups attached to an aromatic ring is 1. The molecule has 2 unspecified atom stereocenters. The Bertz CT molecular complexity index is 431. The molecule has 7 nitrogen and oxygen atoms in total. The fourth-order valence-corrected chi connectivity index (χ4v) is 2.35. The Morgan fingerprint density at radius 3 is 3.00 bits per heavy atom. The molecule has 1 fully saturated rings. The van der Waals surface area contributed by atoms with Crippen LogP contribution < -0.4 is 5.73 Å². The number of aromatic nitrogens is 2. The number of aliphatic hydroxyl groups excluding tert-OH is 1. The maximum Gasteiger partial charge on any atom is 0.274 e. The van der Waals surface area contributed by atoms with E-state index in [4.69, 9.17) is 5.73 Å². The predicted octanol–water partition coefficient (Wildman–Crippen LogP) is -0.871. The summed E-state index contributed by atoms with van der Waals surface area (Å²) in [6, 6.07) is 0.00481. The summed E-state index contributed by atoms with van der Waals surface area (Å²) in [4.78, 5) is 16.0. The van der Waals surface area contributed by atoms with Gasteiger partial charge in [-0.05, 0) is 20.5 Å². The van der Waals surface area contributed by atoms with Crippen molar-refractivity contribution in [2.75, 3.05) is 32.9 Å². The SMILES string of the molecule is CN(C)CC1CC(O)CN1C(=O)c1[nH]ncc1N. The van der Waals surface area contributed by atoms with E-state index in [1.54, 1.807) is 4.90 Å². The van der Waals surface area contributed by atoms with Crippen LogP contribution in [0, 0.1) is 0 Å². The molecule has 2 heterocycles. The number of likely N-dealkylation sites (N-methyl/N-ethyl adjacent to an activating group) is 1. The number of nitrogens with zero attached hydrogens (tertiary/aromatic N) is 3. The van der Waals surface area contributed by atoms with Gasteiger partial charge in [0.2, 0.25) is 0 Å². The van der Waals surface area contributed by atoms with Crippen molar-refractivity contribution in [2.24, 2.45) is 0 Å². The first-order chi connectivity index (χ1) is 8.49. The van der Waals surface area contributed by atoms with Crippen LogP contribution in [-0.4, -0.2) is 70.3 Å². The van der Waals surface area contributed by atoms with Gasteiger partial charge in [0.05, 0.1) is 18.0 Å². The number of carbonyl (C=O) groups excluding carboxylic acids is 1. The van der Waals surface area contributed by atoms with Gasteiger partial charge in [0.25, 0.3) is 5.91 Å². The number of hydrogen-bond donors (Lipinski definition) is 3. The van der Waals surface area contributed by atoms with Gasteiger partial charge < -0.3 is 20.6 Å². The fourth-order valence-electron chi connectivity index (χ4n) is 2.35. The van der Waals surface area contributed by atoms with Gasteiger partial charge in [-0.3, -0.25) is 9.89 Å². The minimum atomic E-state index is -0.469. The van der Waals surface area contributed by atoms with Crippen molar-refractivity contribution < 1.29 is 9.90 Å². The lowest BCUT2D eigenvalue weighted by atomic mass is 10.2. The summed E-state index contributed by atoms with van der Waals surface area (Å²) in [6.07, 6.45) is 1.54. The summed E-state index contributed by atoms with van der Waals surface area (Å²) < 4.78 is 0. The lowest BCUT2D eigenvalue weighted by Crippen LogP contribution is -2.41. The number of aliphatic hydroxyl groups is 1. The Morgan fingerprint density at radius 1 is 1.72 bits per heavy atom. The largest absolute Gasteiger partial charge is 0.396 e. The molecule has 2 atom stereocenters. The first-order valence-electron chi connectivity index (χ1n) is 5.91. The third-order valence-corrected chi connectivity index (χ3v) is 3.11. The lowest BCUT2D eigenvalue weighted by molar-refractivity contribution is 0.0694. The van der Waals surface area contributed by atoms with Gasteiger partial charge >= 0.3 is 0 Å². The predicted molar refractivity (Wildman–Crippen MR) is 67.0 cm³/mol. The molecular formula is C11H19N5O2. The van der Waals surface area contributed by atoms with Gasteiger partial charge in [-0.2, -0.15) is 5.10 Å². The zero-order valence-electron chi connectivity index (χ0n) is 10.6. The van der Waals surface area contributed by atoms with Gasteiger partial charge in [-0.15, -0.1) is 0 Å². The number of aromatic amines is 1. The number of β-amino-alcohol motifs (C(OH)–C–C–N with tert-alkyl or cyclic N) is 1. The van der Waals surface area contributed by atoms with Crippen molar-refractivity contribution in [1.29, 1.82) is 0 Å². The number of nitrogens with one attached hydrogen (secondary N) is 1. The van der Waals surface area contributed by atoms with E-state index in [1.807, 2.05) is 19.0 Å². The normalized spacial score (nSPS) is 23.9. The van der Waals surface area contributed by atoms with Crippen molar-refractivity contribution >= 4 is 11.6 Å². The van der Waals surface area contributed by atoms with Crippen LogP contribution in [-0.2, 0) is 0 Å². The topological polar surface area (TPSA) is 98.5 Å². The summed E-state index contributed by atoms with van der Waals surface area (Å²) >= 11 is 0. The number of rotatable bonds is 3. The number of nitrogens with two attached hydrogens (primary N) is 1. The Balaban J connectivity index is 2.15. The molecule has 18 heavy (non-hydrogen) atoms. The number of carbonyl (C=O) groups is 1. The Morgan fingerprint density at radius 2 is 2.44 bits per heavy atom. The van der Waals surface area contributed by atoms with Crippen molar-refractivity contribution in [1.82, 2.24) is 20.0 Å². The molecular weight excluding hydrogens is 234 g/mol. The molecule has 0 aliphatic carbocycles. The summed E-state index contributed by atoms with van der Waals surface area (Å²) in [5.41, 5.74) is 6.31. The van der Waals surface area contributed by atoms with E-state index in [-0.39, 0.29) is 11.9 Å². The number of likely N-dealkylation sites (tertiary alicyclic amines) is 1. The van der Waals surface area contributed by atoms with Gasteiger partial charge in [0, 0.05) is 19.1 Å².